The summed E-state index contributed by atoms with van der Waals surface area (Å²) in [6.45, 7) is 36.0. The quantitative estimate of drug-likeness (QED) is 0.110. The van der Waals surface area contributed by atoms with Crippen LogP contribution in [-0.4, -0.2) is 50.8 Å². The smallest absolute Gasteiger partial charge is 0.335 e. The molecule has 0 spiro atoms. The van der Waals surface area contributed by atoms with E-state index in [2.05, 4.69) is 48.7 Å². The molecule has 0 radical (unpaired) electrons. The van der Waals surface area contributed by atoms with Crippen LogP contribution in [0.3, 0.4) is 0 Å². The van der Waals surface area contributed by atoms with Gasteiger partial charge in [-0.1, -0.05) is 155 Å². The zero-order valence-electron chi connectivity index (χ0n) is 50.4. The van der Waals surface area contributed by atoms with Gasteiger partial charge in [0, 0.05) is 111 Å². The number of nitrogens with zero attached hydrogens (tertiary/aromatic N) is 5. The normalized spacial score (nSPS) is 8.05. The average Bonchev–Trinajstić information content (AvgIpc) is 3.55. The number of rotatable bonds is 0. The molecule has 1 aliphatic carbocycles. The molecule has 17 heteroatoms. The molecule has 0 saturated carbocycles. The number of nitrogens with one attached hydrogen (secondary N) is 3. The van der Waals surface area contributed by atoms with Gasteiger partial charge in [0.05, 0.1) is 25.0 Å². The van der Waals surface area contributed by atoms with Crippen LogP contribution >= 0.6 is 0 Å². The van der Waals surface area contributed by atoms with Crippen LogP contribution < -0.4 is 27.6 Å². The monoisotopic (exact) mass is 1100 g/mol. The minimum Gasteiger partial charge on any atom is -0.506 e. The summed E-state index contributed by atoms with van der Waals surface area (Å²) < 4.78 is 8.93. The molecule has 4 N–H and O–H groups in total. The lowest BCUT2D eigenvalue weighted by molar-refractivity contribution is -0.110. The van der Waals surface area contributed by atoms with Crippen molar-refractivity contribution in [3.05, 3.63) is 272 Å². The summed E-state index contributed by atoms with van der Waals surface area (Å²) >= 11 is 0. The van der Waals surface area contributed by atoms with Gasteiger partial charge in [0.2, 0.25) is 11.1 Å². The summed E-state index contributed by atoms with van der Waals surface area (Å²) in [5.41, 5.74) is -0.391. The van der Waals surface area contributed by atoms with E-state index in [4.69, 9.17) is 5.11 Å². The van der Waals surface area contributed by atoms with Crippen LogP contribution in [0.1, 0.15) is 131 Å². The molecule has 8 aromatic heterocycles. The molecule has 0 amide bonds. The molecule has 17 nitrogen and oxygen atoms in total. The lowest BCUT2D eigenvalue weighted by atomic mass is 10.2. The van der Waals surface area contributed by atoms with Crippen LogP contribution in [0.2, 0.25) is 0 Å². The fourth-order valence-corrected chi connectivity index (χ4v) is 3.13. The number of carbonyl (C=O) groups excluding carboxylic acids is 1. The average molecular weight is 1100 g/mol. The van der Waals surface area contributed by atoms with Gasteiger partial charge in [0.15, 0.2) is 16.6 Å². The van der Waals surface area contributed by atoms with Gasteiger partial charge in [0.1, 0.15) is 12.1 Å². The highest BCUT2D eigenvalue weighted by molar-refractivity contribution is 5.99. The van der Waals surface area contributed by atoms with Crippen molar-refractivity contribution in [1.29, 1.82) is 0 Å². The van der Waals surface area contributed by atoms with Crippen molar-refractivity contribution in [2.24, 2.45) is 0 Å². The van der Waals surface area contributed by atoms with E-state index in [1.165, 1.54) is 73.8 Å². The SMILES string of the molecule is CC.CC.CC.CC.CC.CC.CC.CC.CC.O=C1C=CCC=C1.O=c1cc[nH]cc1.O=c1cccc[nH]1.O=c1cccc[nH]1.O=c1cccco1.O=c1ccocc1.Oc1cccnc1.c1cnccn1.c1cncnc1. The number of carbonyl (C=O) groups is 1. The first kappa shape index (κ1) is 89.6. The molecule has 0 atom stereocenters. The van der Waals surface area contributed by atoms with Crippen molar-refractivity contribution >= 4 is 5.78 Å². The Labute approximate surface area is 471 Å². The highest BCUT2D eigenvalue weighted by Crippen LogP contribution is 2.00. The van der Waals surface area contributed by atoms with Crippen LogP contribution in [0.5, 0.6) is 5.75 Å². The second kappa shape index (κ2) is 91.7. The molecule has 0 aliphatic heterocycles. The van der Waals surface area contributed by atoms with Crippen LogP contribution in [-0.2, 0) is 4.79 Å². The number of aromatic nitrogens is 8. The molecular weight excluding hydrogens is 1000 g/mol. The lowest BCUT2D eigenvalue weighted by Crippen LogP contribution is -1.98. The van der Waals surface area contributed by atoms with Crippen LogP contribution in [0, 0.1) is 0 Å². The van der Waals surface area contributed by atoms with Gasteiger partial charge in [-0.3, -0.25) is 38.9 Å². The molecule has 0 saturated heterocycles. The van der Waals surface area contributed by atoms with Crippen molar-refractivity contribution in [2.75, 3.05) is 0 Å². The number of pyridine rings is 4. The minimum absolute atomic E-state index is 0.0220. The topological polar surface area (TPSA) is 261 Å². The first-order valence-corrected chi connectivity index (χ1v) is 26.6. The van der Waals surface area contributed by atoms with E-state index >= 15 is 0 Å². The van der Waals surface area contributed by atoms with E-state index < -0.39 is 0 Å². The third-order valence-corrected chi connectivity index (χ3v) is 5.71. The van der Waals surface area contributed by atoms with Crippen molar-refractivity contribution < 1.29 is 18.7 Å². The fraction of sp³-hybridized carbons (Fsp3) is 0.306. The van der Waals surface area contributed by atoms with E-state index in [0.29, 0.717) is 0 Å². The maximum Gasteiger partial charge on any atom is 0.335 e. The number of H-pyrrole nitrogens is 3. The van der Waals surface area contributed by atoms with Crippen LogP contribution in [0.15, 0.2) is 254 Å². The van der Waals surface area contributed by atoms with Crippen molar-refractivity contribution in [2.45, 2.75) is 131 Å². The van der Waals surface area contributed by atoms with E-state index in [1.807, 2.05) is 137 Å². The Morgan fingerprint density at radius 1 is 0.405 bits per heavy atom. The Morgan fingerprint density at radius 2 is 0.823 bits per heavy atom. The van der Waals surface area contributed by atoms with Crippen molar-refractivity contribution in [3.8, 4) is 5.75 Å². The molecule has 0 unspecified atom stereocenters. The molecule has 8 aromatic rings. The maximum atomic E-state index is 10.3. The Bertz CT molecular complexity index is 2140. The Balaban J connectivity index is -0.0000000962. The Kier molecular flexibility index (Phi) is 104. The second-order valence-electron chi connectivity index (χ2n) is 10.4. The van der Waals surface area contributed by atoms with Crippen molar-refractivity contribution in [3.63, 3.8) is 0 Å². The molecule has 0 bridgehead atoms. The summed E-state index contributed by atoms with van der Waals surface area (Å²) in [7, 11) is 0. The van der Waals surface area contributed by atoms with Gasteiger partial charge in [-0.05, 0) is 55.0 Å². The summed E-state index contributed by atoms with van der Waals surface area (Å²) in [4.78, 5) is 87.4. The first-order valence-electron chi connectivity index (χ1n) is 26.6. The third-order valence-electron chi connectivity index (χ3n) is 5.71. The number of aromatic amines is 3. The maximum absolute atomic E-state index is 10.3. The van der Waals surface area contributed by atoms with Crippen LogP contribution in [0.4, 0.5) is 0 Å². The highest BCUT2D eigenvalue weighted by Gasteiger charge is 1.89. The van der Waals surface area contributed by atoms with Gasteiger partial charge in [-0.2, -0.15) is 0 Å². The van der Waals surface area contributed by atoms with Crippen LogP contribution in [0.25, 0.3) is 0 Å². The zero-order valence-corrected chi connectivity index (χ0v) is 50.4. The van der Waals surface area contributed by atoms with Gasteiger partial charge in [0.25, 0.3) is 0 Å². The minimum atomic E-state index is -0.303. The molecular formula is C62H96N8O9. The molecule has 8 heterocycles. The lowest BCUT2D eigenvalue weighted by Gasteiger charge is -1.87. The van der Waals surface area contributed by atoms with Gasteiger partial charge in [-0.15, -0.1) is 0 Å². The summed E-state index contributed by atoms with van der Waals surface area (Å²) in [6, 6.07) is 25.2. The molecule has 0 aromatic carbocycles. The van der Waals surface area contributed by atoms with Gasteiger partial charge >= 0.3 is 5.63 Å². The zero-order chi connectivity index (χ0) is 62.3. The first-order chi connectivity index (χ1) is 38.8. The molecule has 438 valence electrons. The number of allylic oxidation sites excluding steroid dienone is 4. The van der Waals surface area contributed by atoms with E-state index in [-0.39, 0.29) is 39.1 Å². The Hall–Kier alpha value is -8.99. The number of aromatic hydroxyl groups is 1. The summed E-state index contributed by atoms with van der Waals surface area (Å²) in [5, 5.41) is 8.57. The highest BCUT2D eigenvalue weighted by atomic mass is 16.4. The van der Waals surface area contributed by atoms with Gasteiger partial charge < -0.3 is 28.9 Å². The molecule has 1 aliphatic rings. The molecule has 0 fully saturated rings. The van der Waals surface area contributed by atoms with Gasteiger partial charge in [-0.25, -0.2) is 14.8 Å². The second-order valence-corrected chi connectivity index (χ2v) is 10.4. The number of ketones is 1. The largest absolute Gasteiger partial charge is 0.506 e. The van der Waals surface area contributed by atoms with E-state index in [9.17, 15) is 28.8 Å². The number of hydrogen-bond acceptors (Lipinski definition) is 14. The van der Waals surface area contributed by atoms with Crippen molar-refractivity contribution in [1.82, 2.24) is 39.9 Å². The predicted molar refractivity (Wildman–Crippen MR) is 331 cm³/mol. The van der Waals surface area contributed by atoms with E-state index in [1.54, 1.807) is 135 Å². The molecule has 79 heavy (non-hydrogen) atoms. The third kappa shape index (κ3) is 89.0. The fourth-order valence-electron chi connectivity index (χ4n) is 3.13. The molecule has 9 rings (SSSR count). The summed E-state index contributed by atoms with van der Waals surface area (Å²) in [6.07, 6.45) is 32.7. The predicted octanol–water partition coefficient (Wildman–Crippen LogP) is 14.5. The Morgan fingerprint density at radius 3 is 1.00 bits per heavy atom. The number of hydrogen-bond donors (Lipinski definition) is 4. The van der Waals surface area contributed by atoms with E-state index in [0.717, 1.165) is 6.42 Å². The standard InChI is InChI=1S/C6H6O.4C5H5NO.2C5H4O2.2C4H4N2.9C2H6/c7-6-4-2-1-3-5-6;7-5-1-3-6-4-2-5;7-5-2-1-3-6-4-5;2*7-5-3-1-2-4-6-5;6-5-1-3-7-4-2-5;6-5-3-1-2-4-7-5;1-2-6-4-3-5-1;1-2-5-4-6-3-1;9*1-2/h2-5H,1H2;1-4H,(H,6,7);1-4,7H;2*1-4H,(H,6,7);2*1-4H;2*1-4H;9*1-2H3. The summed E-state index contributed by atoms with van der Waals surface area (Å²) in [5.74, 6) is 0.314.